The topological polar surface area (TPSA) is 62.0 Å². The molecule has 2 aromatic carbocycles. The number of H-pyrrole nitrogens is 1. The molecule has 0 atom stereocenters. The van der Waals surface area contributed by atoms with E-state index in [1.54, 1.807) is 18.2 Å². The number of carbonyl (C=O) groups excluding carboxylic acids is 1. The molecule has 4 nitrogen and oxygen atoms in total. The first-order valence-electron chi connectivity index (χ1n) is 7.91. The molecule has 25 heavy (non-hydrogen) atoms. The number of rotatable bonds is 4. The summed E-state index contributed by atoms with van der Waals surface area (Å²) in [6.07, 6.45) is 1.71. The Labute approximate surface area is 148 Å². The molecule has 0 aliphatic carbocycles. The molecule has 0 saturated heterocycles. The number of amides is 1. The zero-order chi connectivity index (χ0) is 18.0. The van der Waals surface area contributed by atoms with Crippen LogP contribution in [-0.4, -0.2) is 10.9 Å². The highest BCUT2D eigenvalue weighted by molar-refractivity contribution is 6.34. The van der Waals surface area contributed by atoms with Crippen molar-refractivity contribution in [1.82, 2.24) is 4.98 Å². The Hall–Kier alpha value is -2.66. The molecule has 0 spiro atoms. The second kappa shape index (κ2) is 7.07. The van der Waals surface area contributed by atoms with Crippen LogP contribution in [0, 0.1) is 5.82 Å². The van der Waals surface area contributed by atoms with Gasteiger partial charge in [0.1, 0.15) is 5.82 Å². The summed E-state index contributed by atoms with van der Waals surface area (Å²) in [6, 6.07) is 10.8. The molecule has 6 heteroatoms. The number of nitrogens with one attached hydrogen (secondary N) is 2. The molecule has 0 aliphatic heterocycles. The zero-order valence-electron chi connectivity index (χ0n) is 13.5. The first-order valence-corrected chi connectivity index (χ1v) is 8.28. The van der Waals surface area contributed by atoms with Crippen molar-refractivity contribution in [1.29, 1.82) is 0 Å². The van der Waals surface area contributed by atoms with Crippen LogP contribution in [0.3, 0.4) is 0 Å². The van der Waals surface area contributed by atoms with Crippen LogP contribution in [0.1, 0.15) is 29.3 Å². The summed E-state index contributed by atoms with van der Waals surface area (Å²) >= 11 is 5.91. The Bertz CT molecular complexity index is 994. The molecule has 3 rings (SSSR count). The van der Waals surface area contributed by atoms with Crippen molar-refractivity contribution in [3.05, 3.63) is 74.8 Å². The third kappa shape index (κ3) is 3.56. The van der Waals surface area contributed by atoms with Crippen LogP contribution < -0.4 is 10.9 Å². The predicted molar refractivity (Wildman–Crippen MR) is 97.9 cm³/mol. The van der Waals surface area contributed by atoms with Crippen LogP contribution in [0.15, 0.2) is 47.3 Å². The number of aromatic amines is 1. The molecular weight excluding hydrogens is 343 g/mol. The van der Waals surface area contributed by atoms with E-state index >= 15 is 0 Å². The molecule has 0 unspecified atom stereocenters. The number of aromatic nitrogens is 1. The molecule has 0 fully saturated rings. The number of aryl methyl sites for hydroxylation is 1. The predicted octanol–water partition coefficient (Wildman–Crippen LogP) is 4.53. The van der Waals surface area contributed by atoms with Gasteiger partial charge in [-0.2, -0.15) is 0 Å². The van der Waals surface area contributed by atoms with E-state index in [0.29, 0.717) is 11.2 Å². The van der Waals surface area contributed by atoms with Gasteiger partial charge in [-0.1, -0.05) is 37.1 Å². The maximum absolute atomic E-state index is 13.9. The van der Waals surface area contributed by atoms with Gasteiger partial charge in [0.15, 0.2) is 0 Å². The Balaban J connectivity index is 1.97. The highest BCUT2D eigenvalue weighted by Crippen LogP contribution is 2.23. The normalized spacial score (nSPS) is 10.8. The summed E-state index contributed by atoms with van der Waals surface area (Å²) < 4.78 is 13.9. The molecule has 3 aromatic rings. The van der Waals surface area contributed by atoms with E-state index in [4.69, 9.17) is 11.6 Å². The molecule has 0 aliphatic rings. The average Bonchev–Trinajstić information content (AvgIpc) is 2.54. The van der Waals surface area contributed by atoms with Crippen molar-refractivity contribution in [2.24, 2.45) is 0 Å². The van der Waals surface area contributed by atoms with Crippen molar-refractivity contribution in [2.75, 3.05) is 5.32 Å². The van der Waals surface area contributed by atoms with Crippen LogP contribution in [0.25, 0.3) is 10.9 Å². The number of anilines is 1. The Kier molecular flexibility index (Phi) is 4.86. The zero-order valence-corrected chi connectivity index (χ0v) is 14.3. The monoisotopic (exact) mass is 358 g/mol. The Morgan fingerprint density at radius 1 is 1.24 bits per heavy atom. The molecular formula is C19H16ClFN2O2. The molecule has 1 heterocycles. The summed E-state index contributed by atoms with van der Waals surface area (Å²) in [7, 11) is 0. The van der Waals surface area contributed by atoms with Gasteiger partial charge in [-0.3, -0.25) is 9.59 Å². The number of benzene rings is 2. The minimum absolute atomic E-state index is 0.0388. The van der Waals surface area contributed by atoms with Crippen LogP contribution >= 0.6 is 11.6 Å². The summed E-state index contributed by atoms with van der Waals surface area (Å²) in [5, 5.41) is 3.58. The second-order valence-corrected chi connectivity index (χ2v) is 6.13. The van der Waals surface area contributed by atoms with Gasteiger partial charge in [-0.05, 0) is 36.2 Å². The molecule has 0 bridgehead atoms. The van der Waals surface area contributed by atoms with Gasteiger partial charge < -0.3 is 10.3 Å². The van der Waals surface area contributed by atoms with Crippen molar-refractivity contribution < 1.29 is 9.18 Å². The van der Waals surface area contributed by atoms with E-state index in [0.717, 1.165) is 23.8 Å². The lowest BCUT2D eigenvalue weighted by atomic mass is 10.0. The highest BCUT2D eigenvalue weighted by Gasteiger charge is 2.16. The third-order valence-electron chi connectivity index (χ3n) is 3.90. The van der Waals surface area contributed by atoms with Crippen LogP contribution in [-0.2, 0) is 6.42 Å². The van der Waals surface area contributed by atoms with E-state index in [2.05, 4.69) is 10.3 Å². The lowest BCUT2D eigenvalue weighted by molar-refractivity contribution is 0.102. The van der Waals surface area contributed by atoms with Crippen LogP contribution in [0.4, 0.5) is 10.1 Å². The van der Waals surface area contributed by atoms with Gasteiger partial charge >= 0.3 is 0 Å². The number of fused-ring (bicyclic) bond motifs is 1. The van der Waals surface area contributed by atoms with E-state index < -0.39 is 11.7 Å². The van der Waals surface area contributed by atoms with Gasteiger partial charge in [0, 0.05) is 17.1 Å². The van der Waals surface area contributed by atoms with E-state index in [-0.39, 0.29) is 16.1 Å². The lowest BCUT2D eigenvalue weighted by Crippen LogP contribution is -2.14. The van der Waals surface area contributed by atoms with Crippen molar-refractivity contribution in [3.8, 4) is 0 Å². The average molecular weight is 359 g/mol. The molecule has 1 amide bonds. The van der Waals surface area contributed by atoms with E-state index in [1.807, 2.05) is 13.0 Å². The Morgan fingerprint density at radius 2 is 2.04 bits per heavy atom. The number of carbonyl (C=O) groups is 1. The fourth-order valence-electron chi connectivity index (χ4n) is 2.79. The smallest absolute Gasteiger partial charge is 0.260 e. The lowest BCUT2D eigenvalue weighted by Gasteiger charge is -2.10. The molecule has 0 radical (unpaired) electrons. The summed E-state index contributed by atoms with van der Waals surface area (Å²) in [5.41, 5.74) is 1.61. The van der Waals surface area contributed by atoms with Crippen molar-refractivity contribution in [2.45, 2.75) is 19.8 Å². The second-order valence-electron chi connectivity index (χ2n) is 5.72. The largest absolute Gasteiger partial charge is 0.322 e. The van der Waals surface area contributed by atoms with Gasteiger partial charge in [-0.15, -0.1) is 0 Å². The molecule has 2 N–H and O–H groups in total. The van der Waals surface area contributed by atoms with Crippen molar-refractivity contribution in [3.63, 3.8) is 0 Å². The van der Waals surface area contributed by atoms with Crippen molar-refractivity contribution >= 4 is 34.1 Å². The van der Waals surface area contributed by atoms with Gasteiger partial charge in [-0.25, -0.2) is 4.39 Å². The van der Waals surface area contributed by atoms with E-state index in [9.17, 15) is 14.0 Å². The SMILES string of the molecule is CCCc1cc(=O)[nH]c2cc(NC(=O)c3c(F)cccc3Cl)ccc12. The molecule has 1 aromatic heterocycles. The number of halogens is 2. The summed E-state index contributed by atoms with van der Waals surface area (Å²) in [6.45, 7) is 2.04. The number of hydrogen-bond acceptors (Lipinski definition) is 2. The fraction of sp³-hybridized carbons (Fsp3) is 0.158. The molecule has 128 valence electrons. The summed E-state index contributed by atoms with van der Waals surface area (Å²) in [4.78, 5) is 26.9. The minimum Gasteiger partial charge on any atom is -0.322 e. The maximum atomic E-state index is 13.9. The van der Waals surface area contributed by atoms with Crippen LogP contribution in [0.2, 0.25) is 5.02 Å². The quantitative estimate of drug-likeness (QED) is 0.720. The maximum Gasteiger partial charge on any atom is 0.260 e. The Morgan fingerprint density at radius 3 is 2.76 bits per heavy atom. The fourth-order valence-corrected chi connectivity index (χ4v) is 3.04. The number of pyridine rings is 1. The summed E-state index contributed by atoms with van der Waals surface area (Å²) in [5.74, 6) is -1.33. The first-order chi connectivity index (χ1) is 12.0. The van der Waals surface area contributed by atoms with Gasteiger partial charge in [0.25, 0.3) is 5.91 Å². The van der Waals surface area contributed by atoms with E-state index in [1.165, 1.54) is 18.2 Å². The minimum atomic E-state index is -0.690. The standard InChI is InChI=1S/C19H16ClFN2O2/c1-2-4-11-9-17(24)23-16-10-12(7-8-13(11)16)22-19(25)18-14(20)5-3-6-15(18)21/h3,5-10H,2,4H2,1H3,(H,22,25)(H,23,24). The number of hydrogen-bond donors (Lipinski definition) is 2. The van der Waals surface area contributed by atoms with Crippen LogP contribution in [0.5, 0.6) is 0 Å². The molecule has 0 saturated carbocycles. The third-order valence-corrected chi connectivity index (χ3v) is 4.21. The highest BCUT2D eigenvalue weighted by atomic mass is 35.5. The first kappa shape index (κ1) is 17.2. The van der Waals surface area contributed by atoms with Gasteiger partial charge in [0.05, 0.1) is 16.1 Å². The van der Waals surface area contributed by atoms with Gasteiger partial charge in [0.2, 0.25) is 5.56 Å².